The third-order valence-electron chi connectivity index (χ3n) is 4.08. The number of halogens is 2. The second kappa shape index (κ2) is 7.55. The summed E-state index contributed by atoms with van der Waals surface area (Å²) in [5.41, 5.74) is 4.94. The summed E-state index contributed by atoms with van der Waals surface area (Å²) in [6.07, 6.45) is 0. The molecule has 1 amide bonds. The predicted molar refractivity (Wildman–Crippen MR) is 123 cm³/mol. The van der Waals surface area contributed by atoms with Gasteiger partial charge in [-0.25, -0.2) is 0 Å². The minimum absolute atomic E-state index is 0.136. The van der Waals surface area contributed by atoms with Crippen LogP contribution in [0, 0.1) is 14.1 Å². The number of carbonyl (C=O) groups is 1. The topological polar surface area (TPSA) is 59.8 Å². The minimum Gasteiger partial charge on any atom is -0.322 e. The zero-order valence-corrected chi connectivity index (χ0v) is 18.6. The van der Waals surface area contributed by atoms with Gasteiger partial charge in [-0.1, -0.05) is 17.7 Å². The first kappa shape index (κ1) is 18.4. The highest BCUT2D eigenvalue weighted by atomic mass is 127. The number of anilines is 1. The standard InChI is InChI=1S/C20H14I2N4O/c1-12-2-6-15(7-3-12)26-24-18-9-5-14(11-19(18)25-26)23-20(27)16-10-13(21)4-8-17(16)22/h2-11H,1H3,(H,23,27). The van der Waals surface area contributed by atoms with Gasteiger partial charge in [0.05, 0.1) is 11.3 Å². The maximum Gasteiger partial charge on any atom is 0.256 e. The summed E-state index contributed by atoms with van der Waals surface area (Å²) in [6.45, 7) is 2.04. The lowest BCUT2D eigenvalue weighted by molar-refractivity contribution is 0.102. The molecule has 1 aromatic heterocycles. The fourth-order valence-corrected chi connectivity index (χ4v) is 3.73. The smallest absolute Gasteiger partial charge is 0.256 e. The zero-order valence-electron chi connectivity index (χ0n) is 14.3. The van der Waals surface area contributed by atoms with Gasteiger partial charge >= 0.3 is 0 Å². The largest absolute Gasteiger partial charge is 0.322 e. The van der Waals surface area contributed by atoms with E-state index < -0.39 is 0 Å². The van der Waals surface area contributed by atoms with Crippen LogP contribution in [0.2, 0.25) is 0 Å². The number of hydrogen-bond donors (Lipinski definition) is 1. The van der Waals surface area contributed by atoms with E-state index in [1.165, 1.54) is 5.56 Å². The van der Waals surface area contributed by atoms with Crippen molar-refractivity contribution in [1.29, 1.82) is 0 Å². The third-order valence-corrected chi connectivity index (χ3v) is 5.69. The van der Waals surface area contributed by atoms with Crippen LogP contribution in [0.15, 0.2) is 60.7 Å². The highest BCUT2D eigenvalue weighted by molar-refractivity contribution is 14.1. The van der Waals surface area contributed by atoms with Crippen LogP contribution in [-0.2, 0) is 0 Å². The van der Waals surface area contributed by atoms with E-state index >= 15 is 0 Å². The fourth-order valence-electron chi connectivity index (χ4n) is 2.66. The van der Waals surface area contributed by atoms with Gasteiger partial charge in [0.15, 0.2) is 0 Å². The van der Waals surface area contributed by atoms with E-state index in [0.717, 1.165) is 23.9 Å². The molecule has 0 spiro atoms. The van der Waals surface area contributed by atoms with Gasteiger partial charge in [-0.05, 0) is 101 Å². The van der Waals surface area contributed by atoms with Gasteiger partial charge in [0.1, 0.15) is 11.0 Å². The third kappa shape index (κ3) is 3.98. The molecule has 1 N–H and O–H groups in total. The molecule has 7 heteroatoms. The van der Waals surface area contributed by atoms with Gasteiger partial charge in [0, 0.05) is 12.8 Å². The lowest BCUT2D eigenvalue weighted by Gasteiger charge is -2.07. The van der Waals surface area contributed by atoms with Crippen molar-refractivity contribution in [1.82, 2.24) is 15.0 Å². The number of hydrogen-bond acceptors (Lipinski definition) is 3. The maximum absolute atomic E-state index is 12.6. The molecule has 134 valence electrons. The lowest BCUT2D eigenvalue weighted by Crippen LogP contribution is -2.13. The number of amides is 1. The molecule has 0 atom stereocenters. The van der Waals surface area contributed by atoms with Crippen molar-refractivity contribution < 1.29 is 4.79 Å². The van der Waals surface area contributed by atoms with Crippen LogP contribution < -0.4 is 5.32 Å². The number of nitrogens with zero attached hydrogens (tertiary/aromatic N) is 3. The fraction of sp³-hybridized carbons (Fsp3) is 0.0500. The van der Waals surface area contributed by atoms with Gasteiger partial charge < -0.3 is 5.32 Å². The second-order valence-corrected chi connectivity index (χ2v) is 8.51. The Hall–Kier alpha value is -2.01. The lowest BCUT2D eigenvalue weighted by atomic mass is 10.2. The highest BCUT2D eigenvalue weighted by Crippen LogP contribution is 2.21. The Morgan fingerprint density at radius 1 is 0.926 bits per heavy atom. The first-order chi connectivity index (χ1) is 13.0. The summed E-state index contributed by atoms with van der Waals surface area (Å²) in [5.74, 6) is -0.136. The van der Waals surface area contributed by atoms with Crippen LogP contribution >= 0.6 is 45.2 Å². The summed E-state index contributed by atoms with van der Waals surface area (Å²) in [5, 5.41) is 12.0. The molecule has 0 aliphatic heterocycles. The van der Waals surface area contributed by atoms with E-state index in [-0.39, 0.29) is 5.91 Å². The number of rotatable bonds is 3. The van der Waals surface area contributed by atoms with Crippen LogP contribution in [-0.4, -0.2) is 20.9 Å². The van der Waals surface area contributed by atoms with Gasteiger partial charge in [-0.2, -0.15) is 4.80 Å². The summed E-state index contributed by atoms with van der Waals surface area (Å²) in [7, 11) is 0. The van der Waals surface area contributed by atoms with E-state index in [9.17, 15) is 4.79 Å². The maximum atomic E-state index is 12.6. The Bertz CT molecular complexity index is 1150. The normalized spacial score (nSPS) is 10.9. The number of fused-ring (bicyclic) bond motifs is 1. The Kier molecular flexibility index (Phi) is 5.13. The Balaban J connectivity index is 1.62. The number of carbonyl (C=O) groups excluding carboxylic acids is 1. The average molecular weight is 580 g/mol. The molecule has 0 unspecified atom stereocenters. The van der Waals surface area contributed by atoms with Gasteiger partial charge in [-0.3, -0.25) is 4.79 Å². The van der Waals surface area contributed by atoms with Crippen molar-refractivity contribution in [2.45, 2.75) is 6.92 Å². The van der Waals surface area contributed by atoms with Crippen LogP contribution in [0.1, 0.15) is 15.9 Å². The van der Waals surface area contributed by atoms with Crippen molar-refractivity contribution in [2.75, 3.05) is 5.32 Å². The molecular weight excluding hydrogens is 566 g/mol. The molecule has 1 heterocycles. The van der Waals surface area contributed by atoms with Gasteiger partial charge in [-0.15, -0.1) is 10.2 Å². The van der Waals surface area contributed by atoms with Crippen molar-refractivity contribution in [3.63, 3.8) is 0 Å². The number of aryl methyl sites for hydroxylation is 1. The summed E-state index contributed by atoms with van der Waals surface area (Å²) < 4.78 is 1.94. The predicted octanol–water partition coefficient (Wildman–Crippen LogP) is 5.19. The van der Waals surface area contributed by atoms with Crippen LogP contribution in [0.4, 0.5) is 5.69 Å². The SMILES string of the molecule is Cc1ccc(-n2nc3ccc(NC(=O)c4cc(I)ccc4I)cc3n2)cc1. The number of benzene rings is 3. The number of aromatic nitrogens is 3. The van der Waals surface area contributed by atoms with Crippen molar-refractivity contribution >= 4 is 67.8 Å². The molecule has 0 radical (unpaired) electrons. The van der Waals surface area contributed by atoms with Crippen LogP contribution in [0.5, 0.6) is 0 Å². The minimum atomic E-state index is -0.136. The monoisotopic (exact) mass is 580 g/mol. The molecule has 0 saturated heterocycles. The summed E-state index contributed by atoms with van der Waals surface area (Å²) in [4.78, 5) is 14.2. The van der Waals surface area contributed by atoms with E-state index in [1.807, 2.05) is 67.6 Å². The molecule has 0 bridgehead atoms. The van der Waals surface area contributed by atoms with E-state index in [0.29, 0.717) is 11.3 Å². The van der Waals surface area contributed by atoms with Crippen molar-refractivity contribution in [3.05, 3.63) is 78.9 Å². The Morgan fingerprint density at radius 2 is 1.67 bits per heavy atom. The molecule has 0 aliphatic rings. The molecule has 0 fully saturated rings. The second-order valence-electron chi connectivity index (χ2n) is 6.11. The molecule has 4 aromatic rings. The van der Waals surface area contributed by atoms with Crippen molar-refractivity contribution in [3.8, 4) is 5.69 Å². The van der Waals surface area contributed by atoms with E-state index in [1.54, 1.807) is 4.80 Å². The molecule has 27 heavy (non-hydrogen) atoms. The average Bonchev–Trinajstić information content (AvgIpc) is 3.07. The quantitative estimate of drug-likeness (QED) is 0.340. The highest BCUT2D eigenvalue weighted by Gasteiger charge is 2.12. The van der Waals surface area contributed by atoms with Gasteiger partial charge in [0.25, 0.3) is 5.91 Å². The van der Waals surface area contributed by atoms with Crippen LogP contribution in [0.25, 0.3) is 16.7 Å². The first-order valence-corrected chi connectivity index (χ1v) is 10.4. The van der Waals surface area contributed by atoms with E-state index in [2.05, 4.69) is 60.7 Å². The molecular formula is C20H14I2N4O. The zero-order chi connectivity index (χ0) is 19.0. The summed E-state index contributed by atoms with van der Waals surface area (Å²) >= 11 is 4.38. The van der Waals surface area contributed by atoms with Crippen LogP contribution in [0.3, 0.4) is 0 Å². The molecule has 4 rings (SSSR count). The van der Waals surface area contributed by atoms with E-state index in [4.69, 9.17) is 0 Å². The summed E-state index contributed by atoms with van der Waals surface area (Å²) in [6, 6.07) is 19.4. The Morgan fingerprint density at radius 3 is 2.44 bits per heavy atom. The molecule has 0 aliphatic carbocycles. The van der Waals surface area contributed by atoms with Crippen molar-refractivity contribution in [2.24, 2.45) is 0 Å². The Labute approximate surface area is 183 Å². The molecule has 3 aromatic carbocycles. The molecule has 5 nitrogen and oxygen atoms in total. The first-order valence-electron chi connectivity index (χ1n) is 8.20. The number of nitrogens with one attached hydrogen (secondary N) is 1. The molecule has 0 saturated carbocycles. The van der Waals surface area contributed by atoms with Gasteiger partial charge in [0.2, 0.25) is 0 Å².